The van der Waals surface area contributed by atoms with Gasteiger partial charge in [0.05, 0.1) is 5.75 Å². The van der Waals surface area contributed by atoms with Crippen LogP contribution in [0.4, 0.5) is 0 Å². The molecule has 21 heavy (non-hydrogen) atoms. The number of benzene rings is 1. The highest BCUT2D eigenvalue weighted by Gasteiger charge is 2.26. The minimum atomic E-state index is 0. The molecular weight excluding hydrogens is 327 g/mol. The molecule has 6 heteroatoms. The molecule has 118 valence electrons. The third-order valence-corrected chi connectivity index (χ3v) is 4.97. The van der Waals surface area contributed by atoms with Gasteiger partial charge in [0.15, 0.2) is 0 Å². The van der Waals surface area contributed by atoms with E-state index in [1.54, 1.807) is 0 Å². The summed E-state index contributed by atoms with van der Waals surface area (Å²) >= 11 is 7.37. The molecule has 1 aromatic carbocycles. The Balaban J connectivity index is 0.00000220. The van der Waals surface area contributed by atoms with Gasteiger partial charge in [0, 0.05) is 16.5 Å². The molecule has 0 aliphatic carbocycles. The molecule has 0 bridgehead atoms. The van der Waals surface area contributed by atoms with Crippen molar-refractivity contribution < 1.29 is 4.79 Å². The summed E-state index contributed by atoms with van der Waals surface area (Å²) in [6.45, 7) is 5.12. The van der Waals surface area contributed by atoms with Crippen LogP contribution in [0, 0.1) is 5.41 Å². The van der Waals surface area contributed by atoms with E-state index in [-0.39, 0.29) is 23.7 Å². The first-order valence-electron chi connectivity index (χ1n) is 6.93. The molecule has 1 heterocycles. The summed E-state index contributed by atoms with van der Waals surface area (Å²) in [6, 6.07) is 7.57. The van der Waals surface area contributed by atoms with Crippen molar-refractivity contribution in [2.75, 3.05) is 25.4 Å². The van der Waals surface area contributed by atoms with Crippen LogP contribution in [0.15, 0.2) is 29.2 Å². The van der Waals surface area contributed by atoms with Gasteiger partial charge in [-0.05, 0) is 55.6 Å². The van der Waals surface area contributed by atoms with Crippen LogP contribution >= 0.6 is 35.8 Å². The SMILES string of the molecule is CC1(CNC(=O)CSc2ccc(Cl)cc2)CCNCC1.Cl. The monoisotopic (exact) mass is 348 g/mol. The number of piperidine rings is 1. The van der Waals surface area contributed by atoms with Crippen LogP contribution in [0.2, 0.25) is 5.02 Å². The Bertz CT molecular complexity index is 447. The van der Waals surface area contributed by atoms with Gasteiger partial charge in [-0.15, -0.1) is 24.2 Å². The summed E-state index contributed by atoms with van der Waals surface area (Å²) in [4.78, 5) is 13.0. The molecule has 3 nitrogen and oxygen atoms in total. The molecule has 0 atom stereocenters. The second-order valence-corrected chi connectivity index (χ2v) is 7.07. The van der Waals surface area contributed by atoms with Crippen molar-refractivity contribution in [3.05, 3.63) is 29.3 Å². The van der Waals surface area contributed by atoms with Gasteiger partial charge in [-0.2, -0.15) is 0 Å². The predicted molar refractivity (Wildman–Crippen MR) is 92.6 cm³/mol. The molecule has 2 rings (SSSR count). The molecule has 0 unspecified atom stereocenters. The van der Waals surface area contributed by atoms with E-state index >= 15 is 0 Å². The zero-order valence-electron chi connectivity index (χ0n) is 12.2. The standard InChI is InChI=1S/C15H21ClN2OS.ClH/c1-15(6-8-17-9-7-15)11-18-14(19)10-20-13-4-2-12(16)3-5-13;/h2-5,17H,6-11H2,1H3,(H,18,19);1H. The Labute approximate surface area is 142 Å². The number of hydrogen-bond donors (Lipinski definition) is 2. The fourth-order valence-electron chi connectivity index (χ4n) is 2.25. The Hall–Kier alpha value is -0.420. The normalized spacial score (nSPS) is 16.9. The summed E-state index contributed by atoms with van der Waals surface area (Å²) in [6.07, 6.45) is 2.25. The highest BCUT2D eigenvalue weighted by molar-refractivity contribution is 8.00. The molecule has 1 fully saturated rings. The molecule has 0 radical (unpaired) electrons. The third-order valence-electron chi connectivity index (χ3n) is 3.71. The number of carbonyl (C=O) groups excluding carboxylic acids is 1. The zero-order chi connectivity index (χ0) is 14.4. The molecule has 1 aliphatic rings. The van der Waals surface area contributed by atoms with Crippen molar-refractivity contribution in [3.63, 3.8) is 0 Å². The summed E-state index contributed by atoms with van der Waals surface area (Å²) < 4.78 is 0. The molecule has 0 saturated carbocycles. The van der Waals surface area contributed by atoms with Gasteiger partial charge in [-0.25, -0.2) is 0 Å². The Morgan fingerprint density at radius 1 is 1.33 bits per heavy atom. The number of rotatable bonds is 5. The largest absolute Gasteiger partial charge is 0.355 e. The minimum absolute atomic E-state index is 0. The van der Waals surface area contributed by atoms with Crippen LogP contribution < -0.4 is 10.6 Å². The van der Waals surface area contributed by atoms with Crippen molar-refractivity contribution in [3.8, 4) is 0 Å². The first kappa shape index (κ1) is 18.6. The summed E-state index contributed by atoms with van der Waals surface area (Å²) in [5, 5.41) is 7.13. The maximum Gasteiger partial charge on any atom is 0.230 e. The lowest BCUT2D eigenvalue weighted by atomic mass is 9.81. The Morgan fingerprint density at radius 2 is 1.95 bits per heavy atom. The van der Waals surface area contributed by atoms with Crippen molar-refractivity contribution in [1.82, 2.24) is 10.6 Å². The third kappa shape index (κ3) is 6.47. The van der Waals surface area contributed by atoms with E-state index in [0.717, 1.165) is 42.4 Å². The fourth-order valence-corrected chi connectivity index (χ4v) is 3.10. The quantitative estimate of drug-likeness (QED) is 0.801. The van der Waals surface area contributed by atoms with E-state index < -0.39 is 0 Å². The molecule has 1 aliphatic heterocycles. The fraction of sp³-hybridized carbons (Fsp3) is 0.533. The van der Waals surface area contributed by atoms with Gasteiger partial charge >= 0.3 is 0 Å². The molecule has 0 aromatic heterocycles. The van der Waals surface area contributed by atoms with Crippen molar-refractivity contribution >= 4 is 41.7 Å². The number of carbonyl (C=O) groups is 1. The average Bonchev–Trinajstić information content (AvgIpc) is 2.45. The van der Waals surface area contributed by atoms with Crippen molar-refractivity contribution in [1.29, 1.82) is 0 Å². The Kier molecular flexibility index (Phi) is 7.88. The Morgan fingerprint density at radius 3 is 2.57 bits per heavy atom. The van der Waals surface area contributed by atoms with Crippen LogP contribution in [-0.2, 0) is 4.79 Å². The highest BCUT2D eigenvalue weighted by Crippen LogP contribution is 2.26. The number of halogens is 2. The van der Waals surface area contributed by atoms with E-state index in [9.17, 15) is 4.79 Å². The van der Waals surface area contributed by atoms with Crippen LogP contribution in [0.1, 0.15) is 19.8 Å². The highest BCUT2D eigenvalue weighted by atomic mass is 35.5. The topological polar surface area (TPSA) is 41.1 Å². The lowest BCUT2D eigenvalue weighted by molar-refractivity contribution is -0.119. The van der Waals surface area contributed by atoms with E-state index in [0.29, 0.717) is 5.75 Å². The molecule has 1 saturated heterocycles. The van der Waals surface area contributed by atoms with Gasteiger partial charge in [0.1, 0.15) is 0 Å². The van der Waals surface area contributed by atoms with E-state index in [1.165, 1.54) is 11.8 Å². The van der Waals surface area contributed by atoms with Gasteiger partial charge in [0.25, 0.3) is 0 Å². The average molecular weight is 349 g/mol. The van der Waals surface area contributed by atoms with E-state index in [2.05, 4.69) is 17.6 Å². The molecule has 0 spiro atoms. The summed E-state index contributed by atoms with van der Waals surface area (Å²) in [5.41, 5.74) is 0.242. The first-order valence-corrected chi connectivity index (χ1v) is 8.30. The zero-order valence-corrected chi connectivity index (χ0v) is 14.5. The molecular formula is C15H22Cl2N2OS. The van der Waals surface area contributed by atoms with Gasteiger partial charge in [0.2, 0.25) is 5.91 Å². The maximum absolute atomic E-state index is 11.9. The van der Waals surface area contributed by atoms with Crippen LogP contribution in [-0.4, -0.2) is 31.3 Å². The van der Waals surface area contributed by atoms with Crippen molar-refractivity contribution in [2.24, 2.45) is 5.41 Å². The second kappa shape index (κ2) is 8.89. The molecule has 1 amide bonds. The summed E-state index contributed by atoms with van der Waals surface area (Å²) in [7, 11) is 0. The van der Waals surface area contributed by atoms with Crippen LogP contribution in [0.3, 0.4) is 0 Å². The molecule has 1 aromatic rings. The first-order chi connectivity index (χ1) is 9.57. The maximum atomic E-state index is 11.9. The van der Waals surface area contributed by atoms with Gasteiger partial charge in [-0.3, -0.25) is 4.79 Å². The lowest BCUT2D eigenvalue weighted by Gasteiger charge is -2.34. The predicted octanol–water partition coefficient (Wildman–Crippen LogP) is 3.36. The number of nitrogens with one attached hydrogen (secondary N) is 2. The number of amides is 1. The minimum Gasteiger partial charge on any atom is -0.355 e. The van der Waals surface area contributed by atoms with Crippen molar-refractivity contribution in [2.45, 2.75) is 24.7 Å². The summed E-state index contributed by atoms with van der Waals surface area (Å²) in [5.74, 6) is 0.556. The van der Waals surface area contributed by atoms with E-state index in [1.807, 2.05) is 24.3 Å². The van der Waals surface area contributed by atoms with Gasteiger partial charge in [-0.1, -0.05) is 18.5 Å². The smallest absolute Gasteiger partial charge is 0.230 e. The van der Waals surface area contributed by atoms with E-state index in [4.69, 9.17) is 11.6 Å². The molecule has 2 N–H and O–H groups in total. The lowest BCUT2D eigenvalue weighted by Crippen LogP contribution is -2.43. The van der Waals surface area contributed by atoms with Crippen LogP contribution in [0.25, 0.3) is 0 Å². The van der Waals surface area contributed by atoms with Crippen LogP contribution in [0.5, 0.6) is 0 Å². The number of hydrogen-bond acceptors (Lipinski definition) is 3. The second-order valence-electron chi connectivity index (χ2n) is 5.58. The number of thioether (sulfide) groups is 1. The van der Waals surface area contributed by atoms with Gasteiger partial charge < -0.3 is 10.6 Å².